The van der Waals surface area contributed by atoms with E-state index in [1.807, 2.05) is 31.1 Å². The topological polar surface area (TPSA) is 32.8 Å². The van der Waals surface area contributed by atoms with Gasteiger partial charge in [0, 0.05) is 26.2 Å². The third kappa shape index (κ3) is 3.47. The van der Waals surface area contributed by atoms with E-state index in [9.17, 15) is 4.21 Å². The van der Waals surface area contributed by atoms with Crippen molar-refractivity contribution < 1.29 is 8.39 Å². The number of fused-ring (bicyclic) bond motifs is 1. The van der Waals surface area contributed by atoms with Crippen molar-refractivity contribution in [1.82, 2.24) is 9.21 Å². The number of piperazine rings is 1. The second-order valence-electron chi connectivity index (χ2n) is 4.95. The molecule has 0 saturated carbocycles. The minimum atomic E-state index is -1.22. The first-order chi connectivity index (χ1) is 9.74. The van der Waals surface area contributed by atoms with E-state index in [0.29, 0.717) is 0 Å². The second kappa shape index (κ2) is 7.31. The Hall–Kier alpha value is -0.750. The molecule has 2 aliphatic rings. The maximum absolute atomic E-state index is 11.7. The van der Waals surface area contributed by atoms with Gasteiger partial charge >= 0.3 is 0 Å². The van der Waals surface area contributed by atoms with Crippen molar-refractivity contribution in [3.63, 3.8) is 0 Å². The average molecular weight is 296 g/mol. The molecule has 0 N–H and O–H groups in total. The molecule has 0 spiro atoms. The van der Waals surface area contributed by atoms with Crippen LogP contribution in [0.2, 0.25) is 0 Å². The van der Waals surface area contributed by atoms with Crippen LogP contribution in [0.4, 0.5) is 0 Å². The van der Waals surface area contributed by atoms with Crippen LogP contribution in [0.15, 0.2) is 30.3 Å². The van der Waals surface area contributed by atoms with Gasteiger partial charge in [0.1, 0.15) is 0 Å². The molecule has 2 fully saturated rings. The van der Waals surface area contributed by atoms with E-state index in [4.69, 9.17) is 4.18 Å². The predicted octanol–water partition coefficient (Wildman–Crippen LogP) is 2.20. The summed E-state index contributed by atoms with van der Waals surface area (Å²) < 4.78 is 19.0. The molecule has 3 unspecified atom stereocenters. The van der Waals surface area contributed by atoms with E-state index >= 15 is 0 Å². The molecule has 112 valence electrons. The summed E-state index contributed by atoms with van der Waals surface area (Å²) in [5, 5.41) is 0. The Kier molecular flexibility index (Phi) is 5.72. The van der Waals surface area contributed by atoms with Gasteiger partial charge < -0.3 is 0 Å². The van der Waals surface area contributed by atoms with Crippen molar-refractivity contribution >= 4 is 11.3 Å². The molecule has 4 nitrogen and oxygen atoms in total. The highest BCUT2D eigenvalue weighted by atomic mass is 32.2. The summed E-state index contributed by atoms with van der Waals surface area (Å²) in [6.45, 7) is 9.68. The normalized spacial score (nSPS) is 30.4. The Labute approximate surface area is 124 Å². The molecule has 1 aromatic carbocycles. The van der Waals surface area contributed by atoms with E-state index in [0.717, 1.165) is 26.2 Å². The van der Waals surface area contributed by atoms with Crippen LogP contribution in [0.5, 0.6) is 0 Å². The lowest BCUT2D eigenvalue weighted by atomic mass is 10.1. The summed E-state index contributed by atoms with van der Waals surface area (Å²) in [5.41, 5.74) is 1.33. The monoisotopic (exact) mass is 296 g/mol. The van der Waals surface area contributed by atoms with Gasteiger partial charge in [-0.05, 0) is 12.5 Å². The third-order valence-electron chi connectivity index (χ3n) is 3.67. The maximum Gasteiger partial charge on any atom is 0.237 e. The predicted molar refractivity (Wildman–Crippen MR) is 82.3 cm³/mol. The molecule has 0 bridgehead atoms. The van der Waals surface area contributed by atoms with Crippen molar-refractivity contribution in [2.75, 3.05) is 19.6 Å². The van der Waals surface area contributed by atoms with Crippen molar-refractivity contribution in [3.8, 4) is 0 Å². The van der Waals surface area contributed by atoms with Crippen molar-refractivity contribution in [2.45, 2.75) is 39.5 Å². The Bertz CT molecular complexity index is 441. The minimum Gasteiger partial charge on any atom is -0.296 e. The molecular formula is C15H24N2O2S. The van der Waals surface area contributed by atoms with Gasteiger partial charge in [0.05, 0.1) is 12.1 Å². The zero-order valence-corrected chi connectivity index (χ0v) is 13.3. The van der Waals surface area contributed by atoms with Crippen molar-refractivity contribution in [3.05, 3.63) is 35.9 Å². The third-order valence-corrected chi connectivity index (χ3v) is 4.97. The van der Waals surface area contributed by atoms with Crippen LogP contribution in [0, 0.1) is 0 Å². The van der Waals surface area contributed by atoms with Crippen LogP contribution < -0.4 is 0 Å². The highest BCUT2D eigenvalue weighted by molar-refractivity contribution is 7.78. The molecule has 2 aliphatic heterocycles. The van der Waals surface area contributed by atoms with Gasteiger partial charge in [-0.3, -0.25) is 9.08 Å². The Balaban J connectivity index is 0.000000704. The van der Waals surface area contributed by atoms with Crippen LogP contribution in [0.25, 0.3) is 0 Å². The molecule has 1 aromatic rings. The fraction of sp³-hybridized carbons (Fsp3) is 0.600. The lowest BCUT2D eigenvalue weighted by Crippen LogP contribution is -2.52. The van der Waals surface area contributed by atoms with Gasteiger partial charge in [-0.25, -0.2) is 4.21 Å². The fourth-order valence-electron chi connectivity index (χ4n) is 2.65. The Morgan fingerprint density at radius 3 is 2.65 bits per heavy atom. The van der Waals surface area contributed by atoms with E-state index < -0.39 is 11.3 Å². The number of rotatable bonds is 2. The molecule has 20 heavy (non-hydrogen) atoms. The van der Waals surface area contributed by atoms with Gasteiger partial charge in [-0.2, -0.15) is 4.31 Å². The standard InChI is InChI=1S/C13H18N2O2S.C2H6/c1-11-13-10-14(7-8-15(13)18(16)17-11)9-12-5-3-2-4-6-12;1-2/h2-6,11,13H,7-10H2,1H3;1-2H3. The summed E-state index contributed by atoms with van der Waals surface area (Å²) >= 11 is -1.22. The van der Waals surface area contributed by atoms with Crippen LogP contribution in [-0.2, 0) is 22.0 Å². The van der Waals surface area contributed by atoms with Crippen LogP contribution in [-0.4, -0.2) is 45.2 Å². The summed E-state index contributed by atoms with van der Waals surface area (Å²) in [4.78, 5) is 2.42. The quantitative estimate of drug-likeness (QED) is 0.839. The summed E-state index contributed by atoms with van der Waals surface area (Å²) in [7, 11) is 0. The van der Waals surface area contributed by atoms with E-state index in [2.05, 4.69) is 29.2 Å². The molecule has 0 aromatic heterocycles. The molecule has 2 saturated heterocycles. The minimum absolute atomic E-state index is 0.0596. The molecular weight excluding hydrogens is 272 g/mol. The number of nitrogens with zero attached hydrogens (tertiary/aromatic N) is 2. The first kappa shape index (κ1) is 15.6. The lowest BCUT2D eigenvalue weighted by molar-refractivity contribution is 0.106. The molecule has 3 atom stereocenters. The number of hydrogen-bond donors (Lipinski definition) is 0. The first-order valence-corrected chi connectivity index (χ1v) is 8.39. The van der Waals surface area contributed by atoms with Crippen molar-refractivity contribution in [1.29, 1.82) is 0 Å². The molecule has 5 heteroatoms. The van der Waals surface area contributed by atoms with Crippen LogP contribution >= 0.6 is 0 Å². The molecule has 0 amide bonds. The van der Waals surface area contributed by atoms with Crippen LogP contribution in [0.3, 0.4) is 0 Å². The number of benzene rings is 1. The highest BCUT2D eigenvalue weighted by Crippen LogP contribution is 2.25. The zero-order valence-electron chi connectivity index (χ0n) is 12.5. The second-order valence-corrected chi connectivity index (χ2v) is 6.04. The zero-order chi connectivity index (χ0) is 14.5. The highest BCUT2D eigenvalue weighted by Gasteiger charge is 2.42. The maximum atomic E-state index is 11.7. The summed E-state index contributed by atoms with van der Waals surface area (Å²) in [5.74, 6) is 0. The van der Waals surface area contributed by atoms with Gasteiger partial charge in [-0.1, -0.05) is 44.2 Å². The lowest BCUT2D eigenvalue weighted by Gasteiger charge is -2.35. The fourth-order valence-corrected chi connectivity index (χ4v) is 3.84. The van der Waals surface area contributed by atoms with E-state index in [1.54, 1.807) is 0 Å². The van der Waals surface area contributed by atoms with Crippen LogP contribution in [0.1, 0.15) is 26.3 Å². The summed E-state index contributed by atoms with van der Waals surface area (Å²) in [6.07, 6.45) is 0.0596. The van der Waals surface area contributed by atoms with Gasteiger partial charge in [0.15, 0.2) is 0 Å². The smallest absolute Gasteiger partial charge is 0.237 e. The Morgan fingerprint density at radius 1 is 1.25 bits per heavy atom. The average Bonchev–Trinajstić information content (AvgIpc) is 2.77. The SMILES string of the molecule is CC.CC1OS(=O)N2CCN(Cc3ccccc3)CC12. The van der Waals surface area contributed by atoms with Gasteiger partial charge in [0.25, 0.3) is 0 Å². The molecule has 0 aliphatic carbocycles. The van der Waals surface area contributed by atoms with Crippen molar-refractivity contribution in [2.24, 2.45) is 0 Å². The first-order valence-electron chi connectivity index (χ1n) is 7.36. The Morgan fingerprint density at radius 2 is 1.95 bits per heavy atom. The summed E-state index contributed by atoms with van der Waals surface area (Å²) in [6, 6.07) is 10.8. The van der Waals surface area contributed by atoms with Gasteiger partial charge in [-0.15, -0.1) is 0 Å². The molecule has 3 rings (SSSR count). The van der Waals surface area contributed by atoms with Gasteiger partial charge in [0.2, 0.25) is 11.3 Å². The molecule has 0 radical (unpaired) electrons. The van der Waals surface area contributed by atoms with E-state index in [1.165, 1.54) is 5.56 Å². The van der Waals surface area contributed by atoms with E-state index in [-0.39, 0.29) is 12.1 Å². The number of hydrogen-bond acceptors (Lipinski definition) is 3. The molecule has 2 heterocycles. The largest absolute Gasteiger partial charge is 0.296 e.